The SMILES string of the molecule is Cc1cc2c(NCc3nncn3C)nc(N)nc2s1. The lowest BCUT2D eigenvalue weighted by atomic mass is 10.3. The Morgan fingerprint density at radius 1 is 1.42 bits per heavy atom. The van der Waals surface area contributed by atoms with E-state index >= 15 is 0 Å². The predicted molar refractivity (Wildman–Crippen MR) is 74.9 cm³/mol. The van der Waals surface area contributed by atoms with Crippen molar-refractivity contribution in [1.82, 2.24) is 24.7 Å². The van der Waals surface area contributed by atoms with Crippen molar-refractivity contribution in [2.24, 2.45) is 7.05 Å². The monoisotopic (exact) mass is 275 g/mol. The topological polar surface area (TPSA) is 94.5 Å². The zero-order valence-corrected chi connectivity index (χ0v) is 11.4. The van der Waals surface area contributed by atoms with Crippen molar-refractivity contribution >= 4 is 33.3 Å². The smallest absolute Gasteiger partial charge is 0.223 e. The highest BCUT2D eigenvalue weighted by molar-refractivity contribution is 7.18. The Hall–Kier alpha value is -2.22. The fourth-order valence-electron chi connectivity index (χ4n) is 1.82. The molecule has 0 unspecified atom stereocenters. The molecular formula is C11H13N7S. The van der Waals surface area contributed by atoms with Gasteiger partial charge in [-0.3, -0.25) is 0 Å². The summed E-state index contributed by atoms with van der Waals surface area (Å²) in [6, 6.07) is 2.05. The summed E-state index contributed by atoms with van der Waals surface area (Å²) in [7, 11) is 1.90. The highest BCUT2D eigenvalue weighted by Gasteiger charge is 2.10. The Morgan fingerprint density at radius 3 is 3.00 bits per heavy atom. The van der Waals surface area contributed by atoms with Crippen LogP contribution in [0.1, 0.15) is 10.7 Å². The van der Waals surface area contributed by atoms with Crippen LogP contribution in [0.15, 0.2) is 12.4 Å². The van der Waals surface area contributed by atoms with Gasteiger partial charge in [-0.05, 0) is 13.0 Å². The lowest BCUT2D eigenvalue weighted by Gasteiger charge is -2.06. The van der Waals surface area contributed by atoms with E-state index in [2.05, 4.69) is 31.5 Å². The van der Waals surface area contributed by atoms with E-state index < -0.39 is 0 Å². The van der Waals surface area contributed by atoms with Crippen LogP contribution in [0.3, 0.4) is 0 Å². The number of hydrogen-bond acceptors (Lipinski definition) is 7. The van der Waals surface area contributed by atoms with Crippen molar-refractivity contribution in [3.05, 3.63) is 23.1 Å². The molecule has 0 saturated heterocycles. The van der Waals surface area contributed by atoms with Crippen molar-refractivity contribution in [2.45, 2.75) is 13.5 Å². The van der Waals surface area contributed by atoms with Crippen LogP contribution in [0.25, 0.3) is 10.2 Å². The van der Waals surface area contributed by atoms with Crippen molar-refractivity contribution in [2.75, 3.05) is 11.1 Å². The van der Waals surface area contributed by atoms with Gasteiger partial charge in [-0.2, -0.15) is 4.98 Å². The van der Waals surface area contributed by atoms with E-state index in [0.717, 1.165) is 21.9 Å². The van der Waals surface area contributed by atoms with Crippen LogP contribution in [0.4, 0.5) is 11.8 Å². The molecule has 3 aromatic heterocycles. The molecule has 19 heavy (non-hydrogen) atoms. The normalized spacial score (nSPS) is 11.1. The van der Waals surface area contributed by atoms with Crippen molar-refractivity contribution < 1.29 is 0 Å². The molecule has 7 nitrogen and oxygen atoms in total. The Bertz CT molecular complexity index is 730. The molecule has 3 aromatic rings. The molecule has 3 heterocycles. The number of aryl methyl sites for hydroxylation is 2. The van der Waals surface area contributed by atoms with Gasteiger partial charge < -0.3 is 15.6 Å². The lowest BCUT2D eigenvalue weighted by molar-refractivity contribution is 0.811. The van der Waals surface area contributed by atoms with Gasteiger partial charge in [0.1, 0.15) is 17.0 Å². The third-order valence-corrected chi connectivity index (χ3v) is 3.70. The van der Waals surface area contributed by atoms with Gasteiger partial charge in [0.25, 0.3) is 0 Å². The minimum atomic E-state index is 0.273. The van der Waals surface area contributed by atoms with E-state index in [4.69, 9.17) is 5.73 Å². The second-order valence-corrected chi connectivity index (χ2v) is 5.45. The molecule has 0 saturated carbocycles. The lowest BCUT2D eigenvalue weighted by Crippen LogP contribution is -2.08. The number of nitrogens with two attached hydrogens (primary N) is 1. The number of aromatic nitrogens is 5. The number of nitrogens with one attached hydrogen (secondary N) is 1. The van der Waals surface area contributed by atoms with Crippen molar-refractivity contribution in [1.29, 1.82) is 0 Å². The second kappa shape index (κ2) is 4.47. The average Bonchev–Trinajstić information content (AvgIpc) is 2.91. The molecule has 0 aliphatic rings. The third kappa shape index (κ3) is 2.22. The van der Waals surface area contributed by atoms with Crippen LogP contribution in [0.2, 0.25) is 0 Å². The molecule has 0 atom stereocenters. The number of anilines is 2. The molecule has 3 N–H and O–H groups in total. The molecule has 0 aliphatic carbocycles. The second-order valence-electron chi connectivity index (χ2n) is 4.22. The van der Waals surface area contributed by atoms with Gasteiger partial charge >= 0.3 is 0 Å². The van der Waals surface area contributed by atoms with Gasteiger partial charge in [0.05, 0.1) is 11.9 Å². The van der Waals surface area contributed by atoms with Crippen molar-refractivity contribution in [3.63, 3.8) is 0 Å². The van der Waals surface area contributed by atoms with E-state index in [-0.39, 0.29) is 5.95 Å². The Labute approximate surface area is 113 Å². The van der Waals surface area contributed by atoms with Crippen LogP contribution >= 0.6 is 11.3 Å². The quantitative estimate of drug-likeness (QED) is 0.748. The Balaban J connectivity index is 1.94. The van der Waals surface area contributed by atoms with Crippen LogP contribution in [-0.2, 0) is 13.6 Å². The summed E-state index contributed by atoms with van der Waals surface area (Å²) in [6.07, 6.45) is 1.66. The average molecular weight is 275 g/mol. The number of rotatable bonds is 3. The summed E-state index contributed by atoms with van der Waals surface area (Å²) in [6.45, 7) is 2.58. The molecule has 0 spiro atoms. The maximum absolute atomic E-state index is 5.72. The number of nitrogen functional groups attached to an aromatic ring is 1. The number of thiophene rings is 1. The van der Waals surface area contributed by atoms with Crippen LogP contribution in [0.5, 0.6) is 0 Å². The number of fused-ring (bicyclic) bond motifs is 1. The molecule has 0 bridgehead atoms. The summed E-state index contributed by atoms with van der Waals surface area (Å²) < 4.78 is 1.85. The van der Waals surface area contributed by atoms with Gasteiger partial charge in [-0.15, -0.1) is 21.5 Å². The molecule has 0 aromatic carbocycles. The molecule has 0 fully saturated rings. The third-order valence-electron chi connectivity index (χ3n) is 2.75. The van der Waals surface area contributed by atoms with Crippen molar-refractivity contribution in [3.8, 4) is 0 Å². The van der Waals surface area contributed by atoms with Gasteiger partial charge in [-0.25, -0.2) is 4.98 Å². The summed E-state index contributed by atoms with van der Waals surface area (Å²) in [5, 5.41) is 12.1. The molecule has 0 radical (unpaired) electrons. The molecule has 3 rings (SSSR count). The summed E-state index contributed by atoms with van der Waals surface area (Å²) >= 11 is 1.60. The molecule has 0 aliphatic heterocycles. The molecule has 0 amide bonds. The van der Waals surface area contributed by atoms with Gasteiger partial charge in [-0.1, -0.05) is 0 Å². The fourth-order valence-corrected chi connectivity index (χ4v) is 2.71. The Kier molecular flexibility index (Phi) is 2.79. The van der Waals surface area contributed by atoms with Crippen LogP contribution in [0, 0.1) is 6.92 Å². The minimum Gasteiger partial charge on any atom is -0.368 e. The predicted octanol–water partition coefficient (Wildman–Crippen LogP) is 1.32. The first-order valence-electron chi connectivity index (χ1n) is 5.74. The minimum absolute atomic E-state index is 0.273. The van der Waals surface area contributed by atoms with E-state index in [9.17, 15) is 0 Å². The maximum atomic E-state index is 5.72. The summed E-state index contributed by atoms with van der Waals surface area (Å²) in [4.78, 5) is 10.6. The highest BCUT2D eigenvalue weighted by Crippen LogP contribution is 2.29. The maximum Gasteiger partial charge on any atom is 0.223 e. The van der Waals surface area contributed by atoms with E-state index in [1.807, 2.05) is 18.5 Å². The van der Waals surface area contributed by atoms with Gasteiger partial charge in [0, 0.05) is 11.9 Å². The standard InChI is InChI=1S/C11H13N7S/c1-6-3-7-9(15-11(12)16-10(7)19-6)13-4-8-17-14-5-18(8)2/h3,5H,4H2,1-2H3,(H3,12,13,15,16). The molecular weight excluding hydrogens is 262 g/mol. The highest BCUT2D eigenvalue weighted by atomic mass is 32.1. The zero-order chi connectivity index (χ0) is 13.4. The zero-order valence-electron chi connectivity index (χ0n) is 10.6. The van der Waals surface area contributed by atoms with E-state index in [0.29, 0.717) is 6.54 Å². The number of hydrogen-bond donors (Lipinski definition) is 2. The first kappa shape index (κ1) is 11.8. The Morgan fingerprint density at radius 2 is 2.26 bits per heavy atom. The van der Waals surface area contributed by atoms with Gasteiger partial charge in [0.2, 0.25) is 5.95 Å². The molecule has 98 valence electrons. The van der Waals surface area contributed by atoms with Crippen LogP contribution in [-0.4, -0.2) is 24.7 Å². The summed E-state index contributed by atoms with van der Waals surface area (Å²) in [5.41, 5.74) is 5.72. The number of nitrogens with zero attached hydrogens (tertiary/aromatic N) is 5. The fraction of sp³-hybridized carbons (Fsp3) is 0.273. The summed E-state index contributed by atoms with van der Waals surface area (Å²) in [5.74, 6) is 1.84. The van der Waals surface area contributed by atoms with E-state index in [1.165, 1.54) is 4.88 Å². The molecule has 8 heteroatoms. The largest absolute Gasteiger partial charge is 0.368 e. The van der Waals surface area contributed by atoms with Crippen LogP contribution < -0.4 is 11.1 Å². The van der Waals surface area contributed by atoms with Gasteiger partial charge in [0.15, 0.2) is 5.82 Å². The van der Waals surface area contributed by atoms with E-state index in [1.54, 1.807) is 17.7 Å². The first-order valence-corrected chi connectivity index (χ1v) is 6.55. The first-order chi connectivity index (χ1) is 9.13.